The summed E-state index contributed by atoms with van der Waals surface area (Å²) < 4.78 is 0. The van der Waals surface area contributed by atoms with Gasteiger partial charge < -0.3 is 10.7 Å². The van der Waals surface area contributed by atoms with Gasteiger partial charge in [0.1, 0.15) is 0 Å². The van der Waals surface area contributed by atoms with Crippen molar-refractivity contribution in [2.24, 2.45) is 11.1 Å². The maximum absolute atomic E-state index is 6.23. The molecule has 0 bridgehead atoms. The van der Waals surface area contributed by atoms with E-state index in [1.165, 1.54) is 16.5 Å². The summed E-state index contributed by atoms with van der Waals surface area (Å²) in [6.07, 6.45) is 4.08. The van der Waals surface area contributed by atoms with Crippen LogP contribution in [0.4, 0.5) is 0 Å². The molecule has 0 radical (unpaired) electrons. The van der Waals surface area contributed by atoms with Gasteiger partial charge in [-0.15, -0.1) is 0 Å². The highest BCUT2D eigenvalue weighted by molar-refractivity contribution is 5.83. The minimum atomic E-state index is 0.231. The van der Waals surface area contributed by atoms with Gasteiger partial charge in [0.05, 0.1) is 0 Å². The minimum Gasteiger partial charge on any atom is -0.361 e. The topological polar surface area (TPSA) is 41.8 Å². The van der Waals surface area contributed by atoms with E-state index in [0.717, 1.165) is 12.8 Å². The lowest BCUT2D eigenvalue weighted by atomic mass is 9.86. The van der Waals surface area contributed by atoms with Crippen molar-refractivity contribution in [2.75, 3.05) is 0 Å². The van der Waals surface area contributed by atoms with Crippen molar-refractivity contribution in [3.63, 3.8) is 0 Å². The zero-order valence-electron chi connectivity index (χ0n) is 11.0. The van der Waals surface area contributed by atoms with Crippen LogP contribution in [0.1, 0.15) is 32.8 Å². The van der Waals surface area contributed by atoms with Gasteiger partial charge in [0, 0.05) is 23.1 Å². The Bertz CT molecular complexity index is 491. The molecular weight excluding hydrogens is 208 g/mol. The van der Waals surface area contributed by atoms with Gasteiger partial charge in [-0.2, -0.15) is 0 Å². The molecular formula is C15H22N2. The van der Waals surface area contributed by atoms with Crippen LogP contribution in [0.25, 0.3) is 10.9 Å². The number of hydrogen-bond donors (Lipinski definition) is 2. The monoisotopic (exact) mass is 230 g/mol. The van der Waals surface area contributed by atoms with Crippen molar-refractivity contribution in [1.29, 1.82) is 0 Å². The van der Waals surface area contributed by atoms with Gasteiger partial charge in [-0.1, -0.05) is 39.0 Å². The van der Waals surface area contributed by atoms with Gasteiger partial charge in [-0.3, -0.25) is 0 Å². The van der Waals surface area contributed by atoms with Crippen molar-refractivity contribution in [1.82, 2.24) is 4.98 Å². The molecule has 0 unspecified atom stereocenters. The number of aromatic amines is 1. The summed E-state index contributed by atoms with van der Waals surface area (Å²) in [4.78, 5) is 3.30. The van der Waals surface area contributed by atoms with Gasteiger partial charge in [0.25, 0.3) is 0 Å². The third-order valence-corrected chi connectivity index (χ3v) is 3.03. The van der Waals surface area contributed by atoms with E-state index in [9.17, 15) is 0 Å². The first kappa shape index (κ1) is 12.2. The second-order valence-corrected chi connectivity index (χ2v) is 6.09. The Labute approximate surface area is 103 Å². The van der Waals surface area contributed by atoms with E-state index in [1.807, 2.05) is 0 Å². The lowest BCUT2D eigenvalue weighted by Crippen LogP contribution is -2.28. The fourth-order valence-electron chi connectivity index (χ4n) is 2.44. The van der Waals surface area contributed by atoms with Crippen LogP contribution in [0.3, 0.4) is 0 Å². The maximum Gasteiger partial charge on any atom is 0.0456 e. The van der Waals surface area contributed by atoms with E-state index in [1.54, 1.807) is 0 Å². The average Bonchev–Trinajstić information content (AvgIpc) is 2.59. The normalized spacial score (nSPS) is 14.1. The van der Waals surface area contributed by atoms with Crippen LogP contribution in [-0.4, -0.2) is 11.0 Å². The van der Waals surface area contributed by atoms with Gasteiger partial charge >= 0.3 is 0 Å². The fraction of sp³-hybridized carbons (Fsp3) is 0.467. The zero-order valence-corrected chi connectivity index (χ0v) is 11.0. The van der Waals surface area contributed by atoms with Gasteiger partial charge in [0.15, 0.2) is 0 Å². The first-order chi connectivity index (χ1) is 7.96. The third-order valence-electron chi connectivity index (χ3n) is 3.03. The largest absolute Gasteiger partial charge is 0.361 e. The fourth-order valence-corrected chi connectivity index (χ4v) is 2.44. The van der Waals surface area contributed by atoms with Crippen LogP contribution in [0.5, 0.6) is 0 Å². The molecule has 1 aromatic carbocycles. The number of para-hydroxylation sites is 1. The lowest BCUT2D eigenvalue weighted by Gasteiger charge is -2.22. The average molecular weight is 230 g/mol. The van der Waals surface area contributed by atoms with E-state index in [4.69, 9.17) is 5.73 Å². The predicted octanol–water partition coefficient (Wildman–Crippen LogP) is 3.47. The molecule has 3 N–H and O–H groups in total. The Morgan fingerprint density at radius 3 is 2.65 bits per heavy atom. The molecule has 1 heterocycles. The van der Waals surface area contributed by atoms with Crippen molar-refractivity contribution >= 4 is 10.9 Å². The molecule has 92 valence electrons. The first-order valence-corrected chi connectivity index (χ1v) is 6.26. The number of H-pyrrole nitrogens is 1. The molecule has 0 saturated carbocycles. The Balaban J connectivity index is 2.13. The van der Waals surface area contributed by atoms with Crippen molar-refractivity contribution < 1.29 is 0 Å². The van der Waals surface area contributed by atoms with Gasteiger partial charge in [-0.05, 0) is 29.9 Å². The summed E-state index contributed by atoms with van der Waals surface area (Å²) in [7, 11) is 0. The van der Waals surface area contributed by atoms with Crippen LogP contribution < -0.4 is 5.73 Å². The zero-order chi connectivity index (χ0) is 12.5. The highest BCUT2D eigenvalue weighted by Gasteiger charge is 2.17. The highest BCUT2D eigenvalue weighted by Crippen LogP contribution is 2.24. The summed E-state index contributed by atoms with van der Waals surface area (Å²) >= 11 is 0. The van der Waals surface area contributed by atoms with E-state index in [2.05, 4.69) is 56.2 Å². The second kappa shape index (κ2) is 4.53. The Morgan fingerprint density at radius 2 is 1.94 bits per heavy atom. The molecule has 2 heteroatoms. The smallest absolute Gasteiger partial charge is 0.0456 e. The van der Waals surface area contributed by atoms with Crippen molar-refractivity contribution in [2.45, 2.75) is 39.7 Å². The van der Waals surface area contributed by atoms with Crippen LogP contribution >= 0.6 is 0 Å². The second-order valence-electron chi connectivity index (χ2n) is 6.09. The van der Waals surface area contributed by atoms with Gasteiger partial charge in [0.2, 0.25) is 0 Å². The lowest BCUT2D eigenvalue weighted by molar-refractivity contribution is 0.338. The number of rotatable bonds is 3. The quantitative estimate of drug-likeness (QED) is 0.833. The van der Waals surface area contributed by atoms with Gasteiger partial charge in [-0.25, -0.2) is 0 Å². The molecule has 0 aliphatic carbocycles. The van der Waals surface area contributed by atoms with Crippen LogP contribution in [0, 0.1) is 5.41 Å². The van der Waals surface area contributed by atoms with E-state index < -0.39 is 0 Å². The SMILES string of the molecule is CC(C)(C)C[C@@H](N)Cc1c[nH]c2ccccc12. The van der Waals surface area contributed by atoms with Crippen molar-refractivity contribution in [3.8, 4) is 0 Å². The summed E-state index contributed by atoms with van der Waals surface area (Å²) in [6, 6.07) is 8.63. The molecule has 17 heavy (non-hydrogen) atoms. The van der Waals surface area contributed by atoms with E-state index in [0.29, 0.717) is 5.41 Å². The van der Waals surface area contributed by atoms with Crippen LogP contribution in [0.15, 0.2) is 30.5 Å². The molecule has 0 saturated heterocycles. The molecule has 1 atom stereocenters. The predicted molar refractivity (Wildman–Crippen MR) is 74.1 cm³/mol. The molecule has 2 aromatic rings. The molecule has 0 amide bonds. The number of nitrogens with one attached hydrogen (secondary N) is 1. The Kier molecular flexibility index (Phi) is 3.25. The Hall–Kier alpha value is -1.28. The molecule has 0 fully saturated rings. The third kappa shape index (κ3) is 3.10. The summed E-state index contributed by atoms with van der Waals surface area (Å²) in [5.74, 6) is 0. The first-order valence-electron chi connectivity index (χ1n) is 6.26. The standard InChI is InChI=1S/C15H22N2/c1-15(2,3)9-12(16)8-11-10-17-14-7-5-4-6-13(11)14/h4-7,10,12,17H,8-9,16H2,1-3H3/t12-/m0/s1. The minimum absolute atomic E-state index is 0.231. The molecule has 0 aliphatic rings. The summed E-state index contributed by atoms with van der Waals surface area (Å²) in [6.45, 7) is 6.71. The summed E-state index contributed by atoms with van der Waals surface area (Å²) in [5, 5.41) is 1.30. The number of hydrogen-bond acceptors (Lipinski definition) is 1. The number of nitrogens with two attached hydrogens (primary N) is 1. The molecule has 0 aliphatic heterocycles. The summed E-state index contributed by atoms with van der Waals surface area (Å²) in [5.41, 5.74) is 9.06. The van der Waals surface area contributed by atoms with E-state index >= 15 is 0 Å². The number of fused-ring (bicyclic) bond motifs is 1. The van der Waals surface area contributed by atoms with Crippen LogP contribution in [-0.2, 0) is 6.42 Å². The van der Waals surface area contributed by atoms with E-state index in [-0.39, 0.29) is 6.04 Å². The molecule has 2 nitrogen and oxygen atoms in total. The van der Waals surface area contributed by atoms with Crippen molar-refractivity contribution in [3.05, 3.63) is 36.0 Å². The molecule has 0 spiro atoms. The molecule has 2 rings (SSSR count). The number of aromatic nitrogens is 1. The number of benzene rings is 1. The maximum atomic E-state index is 6.23. The highest BCUT2D eigenvalue weighted by atomic mass is 14.7. The molecule has 1 aromatic heterocycles. The van der Waals surface area contributed by atoms with Crippen LogP contribution in [0.2, 0.25) is 0 Å². The Morgan fingerprint density at radius 1 is 1.24 bits per heavy atom.